The van der Waals surface area contributed by atoms with E-state index in [0.29, 0.717) is 48.3 Å². The molecule has 72 heavy (non-hydrogen) atoms. The van der Waals surface area contributed by atoms with Gasteiger partial charge >= 0.3 is 0 Å². The van der Waals surface area contributed by atoms with Crippen LogP contribution in [0.5, 0.6) is 23.0 Å². The Kier molecular flexibility index (Phi) is 15.4. The van der Waals surface area contributed by atoms with Gasteiger partial charge in [0.15, 0.2) is 24.8 Å². The number of nitrogens with one attached hydrogen (secondary N) is 2. The minimum absolute atomic E-state index is 0.186. The molecule has 0 saturated heterocycles. The van der Waals surface area contributed by atoms with Crippen LogP contribution in [-0.2, 0) is 61.4 Å². The fraction of sp³-hybridized carbons (Fsp3) is 0.419. The molecule has 2 heterocycles. The molecule has 0 unspecified atom stereocenters. The Morgan fingerprint density at radius 1 is 0.444 bits per heavy atom. The van der Waals surface area contributed by atoms with Crippen molar-refractivity contribution in [3.63, 3.8) is 0 Å². The van der Waals surface area contributed by atoms with Gasteiger partial charge in [-0.15, -0.1) is 0 Å². The van der Waals surface area contributed by atoms with E-state index < -0.39 is 0 Å². The first-order valence-corrected chi connectivity index (χ1v) is 25.4. The van der Waals surface area contributed by atoms with Gasteiger partial charge in [-0.3, -0.25) is 9.59 Å². The molecule has 10 nitrogen and oxygen atoms in total. The number of aryl methyl sites for hydroxylation is 2. The van der Waals surface area contributed by atoms with Crippen LogP contribution in [0.15, 0.2) is 97.6 Å². The van der Waals surface area contributed by atoms with E-state index in [1.807, 2.05) is 48.0 Å². The smallest absolute Gasteiger partial charge is 0.251 e. The molecule has 4 aromatic carbocycles. The first-order chi connectivity index (χ1) is 33.6. The van der Waals surface area contributed by atoms with Gasteiger partial charge in [0, 0.05) is 49.9 Å². The third kappa shape index (κ3) is 12.7. The number of aromatic hydroxyl groups is 2. The van der Waals surface area contributed by atoms with Crippen LogP contribution in [0.1, 0.15) is 171 Å². The van der Waals surface area contributed by atoms with Gasteiger partial charge in [0.1, 0.15) is 50.3 Å². The number of hydrogen-bond acceptors (Lipinski definition) is 6. The Bertz CT molecular complexity index is 2660. The summed E-state index contributed by atoms with van der Waals surface area (Å²) in [4.78, 5) is 26.5. The number of phenolic OH excluding ortho intramolecular Hbond substituents is 2. The number of nitrogens with zero attached hydrogens (tertiary/aromatic N) is 2. The topological polar surface area (TPSA) is 125 Å². The Morgan fingerprint density at radius 2 is 0.681 bits per heavy atom. The molecule has 0 fully saturated rings. The van der Waals surface area contributed by atoms with E-state index in [4.69, 9.17) is 9.47 Å². The first-order valence-electron chi connectivity index (χ1n) is 25.4. The van der Waals surface area contributed by atoms with E-state index in [1.54, 1.807) is 24.3 Å². The molecule has 1 aliphatic carbocycles. The normalized spacial score (nSPS) is 13.1. The van der Waals surface area contributed by atoms with Gasteiger partial charge in [-0.25, -0.2) is 9.13 Å². The molecule has 2 aromatic heterocycles. The Balaban J connectivity index is 1.42. The fourth-order valence-corrected chi connectivity index (χ4v) is 9.16. The monoisotopic (exact) mass is 975 g/mol. The van der Waals surface area contributed by atoms with Crippen LogP contribution in [0.4, 0.5) is 0 Å². The standard InChI is InChI=1S/C62H76N4O6/c1-59(2,3)49-31-41-27-45-35-51(61(7,8)9)37-47(55(45)71-25-19-63-57(69)39-15-21-65(13)22-16-39)29-43-33-50(60(4,5)6)34-44(54(43)68)30-48-38-52(62(10,11)12)36-46(28-42(32-49)53(41)67)56(48)72-26-20-64-58(70)40-17-23-66(14)24-18-40/h15-18,21-24,31-38H,19-20,25-30H2,1-14H3,(H2-2,63,64,67,68,69,70)/p+2. The van der Waals surface area contributed by atoms with Crippen molar-refractivity contribution in [2.75, 3.05) is 26.3 Å². The highest BCUT2D eigenvalue weighted by atomic mass is 16.5. The number of rotatable bonds is 10. The highest BCUT2D eigenvalue weighted by Crippen LogP contribution is 2.44. The molecule has 8 bridgehead atoms. The molecule has 0 radical (unpaired) electrons. The van der Waals surface area contributed by atoms with Crippen molar-refractivity contribution in [3.05, 3.63) is 175 Å². The van der Waals surface area contributed by atoms with Gasteiger partial charge in [-0.2, -0.15) is 0 Å². The maximum atomic E-state index is 13.2. The average molecular weight is 975 g/mol. The Morgan fingerprint density at radius 3 is 0.917 bits per heavy atom. The lowest BCUT2D eigenvalue weighted by atomic mass is 9.79. The Labute approximate surface area is 428 Å². The lowest BCUT2D eigenvalue weighted by Gasteiger charge is -2.28. The number of amides is 2. The van der Waals surface area contributed by atoms with E-state index in [2.05, 4.69) is 142 Å². The lowest BCUT2D eigenvalue weighted by Crippen LogP contribution is -2.31. The van der Waals surface area contributed by atoms with Gasteiger partial charge in [0.05, 0.1) is 24.2 Å². The van der Waals surface area contributed by atoms with Gasteiger partial charge in [-0.1, -0.05) is 132 Å². The molecule has 6 aromatic rings. The molecule has 1 aliphatic rings. The summed E-state index contributed by atoms with van der Waals surface area (Å²) in [6.07, 6.45) is 8.82. The third-order valence-corrected chi connectivity index (χ3v) is 13.8. The van der Waals surface area contributed by atoms with Crippen LogP contribution in [0.25, 0.3) is 0 Å². The summed E-state index contributed by atoms with van der Waals surface area (Å²) in [6.45, 7) is 27.3. The third-order valence-electron chi connectivity index (χ3n) is 13.8. The maximum absolute atomic E-state index is 13.2. The molecule has 0 aliphatic heterocycles. The largest absolute Gasteiger partial charge is 0.507 e. The van der Waals surface area contributed by atoms with Crippen molar-refractivity contribution in [3.8, 4) is 23.0 Å². The summed E-state index contributed by atoms with van der Waals surface area (Å²) < 4.78 is 17.5. The minimum Gasteiger partial charge on any atom is -0.507 e. The number of aromatic nitrogens is 2. The van der Waals surface area contributed by atoms with Crippen LogP contribution in [-0.4, -0.2) is 48.3 Å². The number of carbonyl (C=O) groups is 2. The van der Waals surface area contributed by atoms with Gasteiger partial charge in [0.25, 0.3) is 11.8 Å². The highest BCUT2D eigenvalue weighted by molar-refractivity contribution is 5.94. The van der Waals surface area contributed by atoms with Gasteiger partial charge < -0.3 is 30.3 Å². The summed E-state index contributed by atoms with van der Waals surface area (Å²) in [7, 11) is 3.83. The molecule has 0 saturated carbocycles. The van der Waals surface area contributed by atoms with E-state index in [-0.39, 0.29) is 71.3 Å². The molecule has 7 rings (SSSR count). The first kappa shape index (κ1) is 53.1. The Hall–Kier alpha value is -6.68. The molecule has 0 spiro atoms. The molecule has 0 atom stereocenters. The van der Waals surface area contributed by atoms with E-state index in [1.165, 1.54) is 0 Å². The molecule has 2 amide bonds. The second kappa shape index (κ2) is 20.8. The summed E-state index contributed by atoms with van der Waals surface area (Å²) >= 11 is 0. The summed E-state index contributed by atoms with van der Waals surface area (Å²) in [5.74, 6) is 1.39. The van der Waals surface area contributed by atoms with Crippen LogP contribution >= 0.6 is 0 Å². The van der Waals surface area contributed by atoms with E-state index in [0.717, 1.165) is 66.8 Å². The SMILES string of the molecule is C[n+]1ccc(C(=O)NCCOc2c3cc(C(C)(C)C)cc2Cc2cc(C(C)(C)C)cc(c2O)Cc2cc(C(C)(C)C)cc(c2OCCNC(=O)c2cc[n+](C)cc2)Cc2cc(C(C)(C)C)cc(c2O)C3)cc1. The lowest BCUT2D eigenvalue weighted by molar-refractivity contribution is -0.671. The van der Waals surface area contributed by atoms with Crippen LogP contribution in [0.3, 0.4) is 0 Å². The number of hydrogen-bond donors (Lipinski definition) is 4. The second-order valence-corrected chi connectivity index (χ2v) is 24.0. The number of carbonyl (C=O) groups excluding carboxylic acids is 2. The molecule has 380 valence electrons. The number of ether oxygens (including phenoxy) is 2. The van der Waals surface area contributed by atoms with Crippen molar-refractivity contribution in [2.24, 2.45) is 14.1 Å². The predicted octanol–water partition coefficient (Wildman–Crippen LogP) is 10.2. The number of pyridine rings is 2. The van der Waals surface area contributed by atoms with E-state index >= 15 is 0 Å². The fourth-order valence-electron chi connectivity index (χ4n) is 9.16. The number of phenols is 2. The average Bonchev–Trinajstić information content (AvgIpc) is 3.28. The minimum atomic E-state index is -0.263. The molecule has 10 heteroatoms. The van der Waals surface area contributed by atoms with Crippen LogP contribution < -0.4 is 29.2 Å². The van der Waals surface area contributed by atoms with Crippen molar-refractivity contribution in [1.29, 1.82) is 0 Å². The number of benzene rings is 4. The summed E-state index contributed by atoms with van der Waals surface area (Å²) in [5.41, 5.74) is 11.1. The summed E-state index contributed by atoms with van der Waals surface area (Å²) in [6, 6.07) is 24.5. The molecular weight excluding hydrogens is 897 g/mol. The predicted molar refractivity (Wildman–Crippen MR) is 286 cm³/mol. The number of fused-ring (bicyclic) bond motifs is 8. The van der Waals surface area contributed by atoms with Crippen molar-refractivity contribution < 1.29 is 38.4 Å². The van der Waals surface area contributed by atoms with Crippen molar-refractivity contribution >= 4 is 11.8 Å². The van der Waals surface area contributed by atoms with Gasteiger partial charge in [-0.05, 0) is 88.4 Å². The quantitative estimate of drug-likeness (QED) is 0.0800. The zero-order valence-corrected chi connectivity index (χ0v) is 45.3. The van der Waals surface area contributed by atoms with Crippen LogP contribution in [0, 0.1) is 0 Å². The second-order valence-electron chi connectivity index (χ2n) is 24.0. The molecule has 4 N–H and O–H groups in total. The zero-order chi connectivity index (χ0) is 52.5. The molecular formula is C62H78N4O6+2. The maximum Gasteiger partial charge on any atom is 0.251 e. The summed E-state index contributed by atoms with van der Waals surface area (Å²) in [5, 5.41) is 31.5. The zero-order valence-electron chi connectivity index (χ0n) is 45.3. The van der Waals surface area contributed by atoms with Crippen LogP contribution in [0.2, 0.25) is 0 Å². The van der Waals surface area contributed by atoms with Crippen molar-refractivity contribution in [1.82, 2.24) is 10.6 Å². The highest BCUT2D eigenvalue weighted by Gasteiger charge is 2.29. The van der Waals surface area contributed by atoms with E-state index in [9.17, 15) is 19.8 Å². The van der Waals surface area contributed by atoms with Crippen molar-refractivity contribution in [2.45, 2.75) is 130 Å². The van der Waals surface area contributed by atoms with Gasteiger partial charge in [0.2, 0.25) is 0 Å².